The number of nitrogens with zero attached hydrogens (tertiary/aromatic N) is 6. The van der Waals surface area contributed by atoms with Crippen molar-refractivity contribution in [3.8, 4) is 5.75 Å². The molecule has 5 heterocycles. The van der Waals surface area contributed by atoms with Gasteiger partial charge in [-0.3, -0.25) is 19.2 Å². The van der Waals surface area contributed by atoms with Gasteiger partial charge in [0.25, 0.3) is 5.91 Å². The van der Waals surface area contributed by atoms with Gasteiger partial charge in [0.05, 0.1) is 31.5 Å². The maximum absolute atomic E-state index is 13.4. The molecular weight excluding hydrogens is 422 g/mol. The second kappa shape index (κ2) is 9.01. The van der Waals surface area contributed by atoms with Crippen LogP contribution in [0.2, 0.25) is 0 Å². The Hall–Kier alpha value is -3.14. The summed E-state index contributed by atoms with van der Waals surface area (Å²) in [5.74, 6) is 1.04. The number of hydrogen-bond acceptors (Lipinski definition) is 7. The SMILES string of the molecule is COc1ccccc1N1CCN(C(=O)[C@@H]2CN3CC[C@H]2C[C@@H]3Cn2cc(C(N)=O)nn2)CC1. The molecule has 4 aliphatic heterocycles. The zero-order valence-electron chi connectivity index (χ0n) is 19.0. The summed E-state index contributed by atoms with van der Waals surface area (Å²) in [5, 5.41) is 7.87. The molecule has 10 nitrogen and oxygen atoms in total. The number of rotatable bonds is 6. The fourth-order valence-electron chi connectivity index (χ4n) is 5.62. The number of hydrogen-bond donors (Lipinski definition) is 1. The zero-order chi connectivity index (χ0) is 22.9. The van der Waals surface area contributed by atoms with Crippen molar-refractivity contribution in [2.75, 3.05) is 51.3 Å². The van der Waals surface area contributed by atoms with Gasteiger partial charge in [-0.05, 0) is 37.4 Å². The summed E-state index contributed by atoms with van der Waals surface area (Å²) in [6.45, 7) is 5.54. The van der Waals surface area contributed by atoms with Crippen LogP contribution in [0, 0.1) is 11.8 Å². The smallest absolute Gasteiger partial charge is 0.270 e. The molecule has 10 heteroatoms. The molecule has 1 unspecified atom stereocenters. The van der Waals surface area contributed by atoms with Gasteiger partial charge < -0.3 is 20.3 Å². The van der Waals surface area contributed by atoms with Crippen molar-refractivity contribution >= 4 is 17.5 Å². The van der Waals surface area contributed by atoms with Crippen molar-refractivity contribution in [1.82, 2.24) is 24.8 Å². The largest absolute Gasteiger partial charge is 0.495 e. The van der Waals surface area contributed by atoms with E-state index in [2.05, 4.69) is 26.2 Å². The lowest BCUT2D eigenvalue weighted by atomic mass is 9.75. The van der Waals surface area contributed by atoms with Gasteiger partial charge in [0.1, 0.15) is 5.75 Å². The third kappa shape index (κ3) is 4.27. The molecule has 2 amide bonds. The maximum atomic E-state index is 13.4. The van der Waals surface area contributed by atoms with Gasteiger partial charge in [0.15, 0.2) is 5.69 Å². The Bertz CT molecular complexity index is 1020. The van der Waals surface area contributed by atoms with Gasteiger partial charge in [-0.15, -0.1) is 5.10 Å². The van der Waals surface area contributed by atoms with Crippen LogP contribution in [-0.2, 0) is 11.3 Å². The molecule has 1 aromatic heterocycles. The lowest BCUT2D eigenvalue weighted by Gasteiger charge is -2.50. The van der Waals surface area contributed by atoms with Crippen molar-refractivity contribution in [2.24, 2.45) is 17.6 Å². The van der Waals surface area contributed by atoms with Crippen LogP contribution in [0.25, 0.3) is 0 Å². The van der Waals surface area contributed by atoms with Gasteiger partial charge in [0, 0.05) is 38.8 Å². The minimum atomic E-state index is -0.566. The maximum Gasteiger partial charge on any atom is 0.270 e. The number of piperazine rings is 1. The molecular formula is C23H31N7O3. The second-order valence-electron chi connectivity index (χ2n) is 9.21. The topological polar surface area (TPSA) is 110 Å². The Labute approximate surface area is 193 Å². The van der Waals surface area contributed by atoms with E-state index < -0.39 is 5.91 Å². The van der Waals surface area contributed by atoms with E-state index >= 15 is 0 Å². The molecule has 1 aromatic carbocycles. The minimum Gasteiger partial charge on any atom is -0.495 e. The van der Waals surface area contributed by atoms with Crippen molar-refractivity contribution in [2.45, 2.75) is 25.4 Å². The Kier molecular flexibility index (Phi) is 5.92. The quantitative estimate of drug-likeness (QED) is 0.676. The average molecular weight is 454 g/mol. The van der Waals surface area contributed by atoms with Crippen LogP contribution in [0.15, 0.2) is 30.5 Å². The third-order valence-electron chi connectivity index (χ3n) is 7.40. The number of carbonyl (C=O) groups excluding carboxylic acids is 2. The Morgan fingerprint density at radius 2 is 1.94 bits per heavy atom. The Morgan fingerprint density at radius 3 is 2.61 bits per heavy atom. The molecule has 0 saturated carbocycles. The summed E-state index contributed by atoms with van der Waals surface area (Å²) >= 11 is 0. The number of benzene rings is 1. The first kappa shape index (κ1) is 21.7. The van der Waals surface area contributed by atoms with Crippen LogP contribution in [-0.4, -0.2) is 89.0 Å². The summed E-state index contributed by atoms with van der Waals surface area (Å²) in [4.78, 5) is 31.5. The van der Waals surface area contributed by atoms with E-state index in [1.807, 2.05) is 23.1 Å². The first-order chi connectivity index (χ1) is 16.0. The summed E-state index contributed by atoms with van der Waals surface area (Å²) < 4.78 is 7.20. The molecule has 2 aromatic rings. The van der Waals surface area contributed by atoms with E-state index in [0.717, 1.165) is 63.5 Å². The summed E-state index contributed by atoms with van der Waals surface area (Å²) in [5.41, 5.74) is 6.56. The highest BCUT2D eigenvalue weighted by atomic mass is 16.5. The second-order valence-corrected chi connectivity index (χ2v) is 9.21. The molecule has 0 radical (unpaired) electrons. The first-order valence-electron chi connectivity index (χ1n) is 11.6. The molecule has 176 valence electrons. The predicted octanol–water partition coefficient (Wildman–Crippen LogP) is 0.445. The van der Waals surface area contributed by atoms with E-state index in [4.69, 9.17) is 10.5 Å². The summed E-state index contributed by atoms with van der Waals surface area (Å²) in [7, 11) is 1.69. The van der Waals surface area contributed by atoms with Crippen LogP contribution in [0.3, 0.4) is 0 Å². The molecule has 4 atom stereocenters. The molecule has 0 spiro atoms. The number of piperidine rings is 3. The molecule has 4 aliphatic rings. The number of aromatic nitrogens is 3. The number of amides is 2. The van der Waals surface area contributed by atoms with Crippen LogP contribution in [0.4, 0.5) is 5.69 Å². The van der Waals surface area contributed by atoms with Crippen molar-refractivity contribution in [3.05, 3.63) is 36.2 Å². The highest BCUT2D eigenvalue weighted by Crippen LogP contribution is 2.38. The van der Waals surface area contributed by atoms with Crippen molar-refractivity contribution in [3.63, 3.8) is 0 Å². The van der Waals surface area contributed by atoms with Crippen molar-refractivity contribution in [1.29, 1.82) is 0 Å². The number of ether oxygens (including phenoxy) is 1. The predicted molar refractivity (Wildman–Crippen MR) is 122 cm³/mol. The fourth-order valence-corrected chi connectivity index (χ4v) is 5.62. The Morgan fingerprint density at radius 1 is 1.15 bits per heavy atom. The molecule has 33 heavy (non-hydrogen) atoms. The minimum absolute atomic E-state index is 0.0599. The van der Waals surface area contributed by atoms with Gasteiger partial charge in [0.2, 0.25) is 5.91 Å². The van der Waals surface area contributed by atoms with E-state index in [-0.39, 0.29) is 11.6 Å². The number of nitrogens with two attached hydrogens (primary N) is 1. The molecule has 0 aliphatic carbocycles. The molecule has 6 rings (SSSR count). The monoisotopic (exact) mass is 453 g/mol. The van der Waals surface area contributed by atoms with Gasteiger partial charge in [-0.2, -0.15) is 0 Å². The van der Waals surface area contributed by atoms with Gasteiger partial charge >= 0.3 is 0 Å². The van der Waals surface area contributed by atoms with Crippen molar-refractivity contribution < 1.29 is 14.3 Å². The van der Waals surface area contributed by atoms with Crippen LogP contribution in [0.1, 0.15) is 23.3 Å². The highest BCUT2D eigenvalue weighted by molar-refractivity contribution is 5.90. The average Bonchev–Trinajstić information content (AvgIpc) is 3.33. The van der Waals surface area contributed by atoms with E-state index in [1.54, 1.807) is 18.0 Å². The lowest BCUT2D eigenvalue weighted by Crippen LogP contribution is -2.60. The van der Waals surface area contributed by atoms with Gasteiger partial charge in [-0.25, -0.2) is 0 Å². The van der Waals surface area contributed by atoms with Crippen LogP contribution in [0.5, 0.6) is 5.75 Å². The zero-order valence-corrected chi connectivity index (χ0v) is 19.0. The van der Waals surface area contributed by atoms with E-state index in [1.165, 1.54) is 0 Å². The Balaban J connectivity index is 1.18. The number of methoxy groups -OCH3 is 1. The van der Waals surface area contributed by atoms with E-state index in [9.17, 15) is 9.59 Å². The molecule has 4 fully saturated rings. The molecule has 4 saturated heterocycles. The summed E-state index contributed by atoms with van der Waals surface area (Å²) in [6, 6.07) is 8.35. The van der Waals surface area contributed by atoms with Gasteiger partial charge in [-0.1, -0.05) is 17.3 Å². The number of anilines is 1. The molecule has 2 bridgehead atoms. The number of primary amides is 1. The summed E-state index contributed by atoms with van der Waals surface area (Å²) in [6.07, 6.45) is 3.62. The van der Waals surface area contributed by atoms with E-state index in [0.29, 0.717) is 24.4 Å². The lowest BCUT2D eigenvalue weighted by molar-refractivity contribution is -0.144. The van der Waals surface area contributed by atoms with Crippen LogP contribution < -0.4 is 15.4 Å². The number of para-hydroxylation sites is 2. The van der Waals surface area contributed by atoms with Crippen LogP contribution >= 0.6 is 0 Å². The third-order valence-corrected chi connectivity index (χ3v) is 7.40. The standard InChI is InChI=1S/C23H31N7O3/c1-33-21-5-3-2-4-20(21)27-8-10-28(11-9-27)23(32)18-14-29-7-6-16(18)12-17(29)13-30-15-19(22(24)31)25-26-30/h2-5,15-18H,6-14H2,1H3,(H2,24,31)/t16-,17+,18+/m0/s1. The fraction of sp³-hybridized carbons (Fsp3) is 0.565. The molecule has 2 N–H and O–H groups in total. The number of carbonyl (C=O) groups is 2. The highest BCUT2D eigenvalue weighted by Gasteiger charge is 2.44. The first-order valence-corrected chi connectivity index (χ1v) is 11.6. The number of fused-ring (bicyclic) bond motifs is 3. The normalized spacial score (nSPS) is 26.9.